The van der Waals surface area contributed by atoms with E-state index in [0.717, 1.165) is 5.56 Å². The minimum atomic E-state index is -0.705. The van der Waals surface area contributed by atoms with Gasteiger partial charge in [-0.25, -0.2) is 10.2 Å². The lowest BCUT2D eigenvalue weighted by atomic mass is 10.1. The van der Waals surface area contributed by atoms with E-state index in [4.69, 9.17) is 10.8 Å². The molecule has 0 aliphatic carbocycles. The normalized spacial score (nSPS) is 11.1. The molecule has 1 rings (SSSR count). The van der Waals surface area contributed by atoms with Gasteiger partial charge in [0.1, 0.15) is 5.75 Å². The van der Waals surface area contributed by atoms with Crippen LogP contribution >= 0.6 is 0 Å². The van der Waals surface area contributed by atoms with Crippen LogP contribution in [0.25, 0.3) is 0 Å². The fraction of sp³-hybridized carbons (Fsp3) is 0.111. The number of benzene rings is 1. The highest BCUT2D eigenvalue weighted by atomic mass is 16.3. The maximum absolute atomic E-state index is 10.4. The van der Waals surface area contributed by atoms with Crippen molar-refractivity contribution in [1.82, 2.24) is 5.43 Å². The summed E-state index contributed by atoms with van der Waals surface area (Å²) in [6.45, 7) is 1.72. The summed E-state index contributed by atoms with van der Waals surface area (Å²) in [4.78, 5) is 10.4. The van der Waals surface area contributed by atoms with Crippen molar-refractivity contribution in [3.05, 3.63) is 29.8 Å². The van der Waals surface area contributed by atoms with Crippen LogP contribution in [0.2, 0.25) is 0 Å². The number of amides is 2. The maximum Gasteiger partial charge on any atom is 0.332 e. The molecule has 0 saturated heterocycles. The number of hydrazone groups is 1. The number of hydrogen-bond acceptors (Lipinski definition) is 3. The minimum absolute atomic E-state index is 0.185. The largest absolute Gasteiger partial charge is 0.508 e. The van der Waals surface area contributed by atoms with E-state index >= 15 is 0 Å². The molecule has 0 spiro atoms. The predicted octanol–water partition coefficient (Wildman–Crippen LogP) is 0.784. The number of carbonyl (C=O) groups excluding carboxylic acids is 1. The molecule has 0 fully saturated rings. The van der Waals surface area contributed by atoms with Crippen LogP contribution in [0.1, 0.15) is 12.5 Å². The molecule has 1 aromatic carbocycles. The second kappa shape index (κ2) is 4.27. The Balaban J connectivity index is 2.78. The Hall–Kier alpha value is -2.04. The van der Waals surface area contributed by atoms with Crippen LogP contribution in [0.15, 0.2) is 29.4 Å². The summed E-state index contributed by atoms with van der Waals surface area (Å²) in [7, 11) is 0. The molecule has 0 unspecified atom stereocenters. The van der Waals surface area contributed by atoms with E-state index in [9.17, 15) is 4.79 Å². The molecule has 0 bridgehead atoms. The van der Waals surface area contributed by atoms with E-state index in [0.29, 0.717) is 5.71 Å². The third-order valence-electron chi connectivity index (χ3n) is 1.62. The highest BCUT2D eigenvalue weighted by Crippen LogP contribution is 2.09. The molecule has 0 radical (unpaired) electrons. The molecule has 0 saturated carbocycles. The number of aromatic hydroxyl groups is 1. The predicted molar refractivity (Wildman–Crippen MR) is 53.0 cm³/mol. The van der Waals surface area contributed by atoms with Crippen molar-refractivity contribution in [2.24, 2.45) is 10.8 Å². The number of urea groups is 1. The standard InChI is InChI=1S/C9H11N3O2/c1-6(11-12-9(10)14)7-2-4-8(13)5-3-7/h2-5,13H,1H3,(H3,10,12,14)/b11-6-. The highest BCUT2D eigenvalue weighted by molar-refractivity contribution is 5.99. The number of phenols is 1. The molecule has 74 valence electrons. The zero-order chi connectivity index (χ0) is 10.6. The van der Waals surface area contributed by atoms with Crippen molar-refractivity contribution in [3.63, 3.8) is 0 Å². The summed E-state index contributed by atoms with van der Waals surface area (Å²) in [5.41, 5.74) is 8.39. The third-order valence-corrected chi connectivity index (χ3v) is 1.62. The van der Waals surface area contributed by atoms with Crippen LogP contribution in [-0.2, 0) is 0 Å². The number of carbonyl (C=O) groups is 1. The molecule has 0 aliphatic heterocycles. The van der Waals surface area contributed by atoms with E-state index in [1.54, 1.807) is 31.2 Å². The fourth-order valence-corrected chi connectivity index (χ4v) is 0.906. The van der Waals surface area contributed by atoms with Crippen LogP contribution in [0.5, 0.6) is 5.75 Å². The van der Waals surface area contributed by atoms with Gasteiger partial charge in [-0.05, 0) is 36.8 Å². The first-order chi connectivity index (χ1) is 6.59. The molecule has 0 aliphatic rings. The summed E-state index contributed by atoms with van der Waals surface area (Å²) in [5, 5.41) is 12.8. The first-order valence-electron chi connectivity index (χ1n) is 3.98. The number of nitrogens with two attached hydrogens (primary N) is 1. The summed E-state index contributed by atoms with van der Waals surface area (Å²) < 4.78 is 0. The number of nitrogens with zero attached hydrogens (tertiary/aromatic N) is 1. The zero-order valence-electron chi connectivity index (χ0n) is 7.69. The molecule has 1 aromatic rings. The Morgan fingerprint density at radius 1 is 1.43 bits per heavy atom. The Morgan fingerprint density at radius 2 is 2.00 bits per heavy atom. The van der Waals surface area contributed by atoms with Crippen molar-refractivity contribution in [2.45, 2.75) is 6.92 Å². The second-order valence-corrected chi connectivity index (χ2v) is 2.72. The van der Waals surface area contributed by atoms with Gasteiger partial charge >= 0.3 is 6.03 Å². The van der Waals surface area contributed by atoms with Crippen LogP contribution in [0.4, 0.5) is 4.79 Å². The van der Waals surface area contributed by atoms with E-state index in [2.05, 4.69) is 10.5 Å². The quantitative estimate of drug-likeness (QED) is 0.478. The van der Waals surface area contributed by atoms with Gasteiger partial charge in [-0.3, -0.25) is 0 Å². The van der Waals surface area contributed by atoms with Gasteiger partial charge in [-0.2, -0.15) is 5.10 Å². The lowest BCUT2D eigenvalue weighted by Gasteiger charge is -2.00. The Kier molecular flexibility index (Phi) is 3.06. The van der Waals surface area contributed by atoms with Crippen LogP contribution < -0.4 is 11.2 Å². The summed E-state index contributed by atoms with van der Waals surface area (Å²) in [5.74, 6) is 0.185. The molecule has 4 N–H and O–H groups in total. The van der Waals surface area contributed by atoms with Crippen LogP contribution in [-0.4, -0.2) is 16.8 Å². The van der Waals surface area contributed by atoms with Gasteiger partial charge in [0, 0.05) is 0 Å². The third kappa shape index (κ3) is 2.78. The van der Waals surface area contributed by atoms with Gasteiger partial charge in [0.05, 0.1) is 5.71 Å². The van der Waals surface area contributed by atoms with E-state index in [-0.39, 0.29) is 5.75 Å². The molecule has 0 aromatic heterocycles. The van der Waals surface area contributed by atoms with Crippen molar-refractivity contribution >= 4 is 11.7 Å². The van der Waals surface area contributed by atoms with Gasteiger partial charge in [0.2, 0.25) is 0 Å². The number of phenolic OH excluding ortho intramolecular Hbond substituents is 1. The number of hydrogen-bond donors (Lipinski definition) is 3. The van der Waals surface area contributed by atoms with E-state index in [1.807, 2.05) is 0 Å². The first kappa shape index (κ1) is 10.0. The molecular formula is C9H11N3O2. The second-order valence-electron chi connectivity index (χ2n) is 2.72. The van der Waals surface area contributed by atoms with Crippen molar-refractivity contribution in [2.75, 3.05) is 0 Å². The van der Waals surface area contributed by atoms with Gasteiger partial charge in [-0.15, -0.1) is 0 Å². The van der Waals surface area contributed by atoms with Crippen LogP contribution in [0.3, 0.4) is 0 Å². The highest BCUT2D eigenvalue weighted by Gasteiger charge is 1.97. The zero-order valence-corrected chi connectivity index (χ0v) is 7.69. The minimum Gasteiger partial charge on any atom is -0.508 e. The molecule has 5 heteroatoms. The fourth-order valence-electron chi connectivity index (χ4n) is 0.906. The van der Waals surface area contributed by atoms with E-state index in [1.165, 1.54) is 0 Å². The topological polar surface area (TPSA) is 87.7 Å². The number of nitrogens with one attached hydrogen (secondary N) is 1. The molecule has 0 atom stereocenters. The number of rotatable bonds is 2. The van der Waals surface area contributed by atoms with E-state index < -0.39 is 6.03 Å². The Labute approximate surface area is 81.2 Å². The average Bonchev–Trinajstić information content (AvgIpc) is 2.15. The maximum atomic E-state index is 10.4. The lowest BCUT2D eigenvalue weighted by molar-refractivity contribution is 0.249. The SMILES string of the molecule is C/C(=N/NC(N)=O)c1ccc(O)cc1. The molecule has 0 heterocycles. The summed E-state index contributed by atoms with van der Waals surface area (Å²) in [6, 6.07) is 5.76. The summed E-state index contributed by atoms with van der Waals surface area (Å²) >= 11 is 0. The molecular weight excluding hydrogens is 182 g/mol. The van der Waals surface area contributed by atoms with Gasteiger partial charge in [0.15, 0.2) is 0 Å². The molecule has 5 nitrogen and oxygen atoms in total. The first-order valence-corrected chi connectivity index (χ1v) is 3.98. The number of primary amides is 1. The van der Waals surface area contributed by atoms with Crippen molar-refractivity contribution in [1.29, 1.82) is 0 Å². The molecule has 2 amide bonds. The van der Waals surface area contributed by atoms with Gasteiger partial charge in [0.25, 0.3) is 0 Å². The van der Waals surface area contributed by atoms with Gasteiger partial charge < -0.3 is 10.8 Å². The Bertz CT molecular complexity index is 357. The molecule has 14 heavy (non-hydrogen) atoms. The smallest absolute Gasteiger partial charge is 0.332 e. The average molecular weight is 193 g/mol. The van der Waals surface area contributed by atoms with Crippen molar-refractivity contribution < 1.29 is 9.90 Å². The Morgan fingerprint density at radius 3 is 2.50 bits per heavy atom. The summed E-state index contributed by atoms with van der Waals surface area (Å²) in [6.07, 6.45) is 0. The lowest BCUT2D eigenvalue weighted by Crippen LogP contribution is -2.25. The van der Waals surface area contributed by atoms with Crippen molar-refractivity contribution in [3.8, 4) is 5.75 Å². The van der Waals surface area contributed by atoms with Gasteiger partial charge in [-0.1, -0.05) is 0 Å². The van der Waals surface area contributed by atoms with Crippen LogP contribution in [0, 0.1) is 0 Å². The monoisotopic (exact) mass is 193 g/mol.